The third-order valence-electron chi connectivity index (χ3n) is 6.05. The first-order valence-electron chi connectivity index (χ1n) is 12.1. The average Bonchev–Trinajstić information content (AvgIpc) is 3.57. The number of nitrogens with one attached hydrogen (secondary N) is 1. The van der Waals surface area contributed by atoms with E-state index in [1.165, 1.54) is 17.7 Å². The quantitative estimate of drug-likeness (QED) is 0.207. The van der Waals surface area contributed by atoms with E-state index < -0.39 is 23.9 Å². The van der Waals surface area contributed by atoms with E-state index in [0.29, 0.717) is 28.0 Å². The van der Waals surface area contributed by atoms with Crippen LogP contribution in [-0.4, -0.2) is 16.8 Å². The molecule has 0 saturated carbocycles. The van der Waals surface area contributed by atoms with Gasteiger partial charge < -0.3 is 20.2 Å². The molecule has 0 bridgehead atoms. The van der Waals surface area contributed by atoms with Gasteiger partial charge in [-0.25, -0.2) is 13.8 Å². The maximum absolute atomic E-state index is 13.7. The van der Waals surface area contributed by atoms with Crippen molar-refractivity contribution in [1.82, 2.24) is 4.98 Å². The second-order valence-corrected chi connectivity index (χ2v) is 9.62. The number of halogens is 2. The molecule has 3 aromatic heterocycles. The van der Waals surface area contributed by atoms with Crippen molar-refractivity contribution in [1.29, 1.82) is 0 Å². The summed E-state index contributed by atoms with van der Waals surface area (Å²) in [4.78, 5) is 29.7. The third kappa shape index (κ3) is 5.51. The fourth-order valence-corrected chi connectivity index (χ4v) is 5.11. The monoisotopic (exact) mass is 547 g/mol. The lowest BCUT2D eigenvalue weighted by atomic mass is 10.0. The number of thiophene rings is 1. The summed E-state index contributed by atoms with van der Waals surface area (Å²) in [6.45, 7) is 2.17. The number of nitrogens with zero attached hydrogens (tertiary/aromatic N) is 1. The minimum Gasteiger partial charge on any atom is -0.486 e. The van der Waals surface area contributed by atoms with E-state index in [1.54, 1.807) is 36.4 Å². The predicted molar refractivity (Wildman–Crippen MR) is 145 cm³/mol. The molecule has 0 fully saturated rings. The standard InChI is InChI=1S/C29H23F2N3O4S/c1-2-16-8-10-18(11-9-16)37-15-19-12-13-22(38-19)28(36)34-24-23-20(17-6-4-3-5-7-17)14-21(26(30)31)33-29(23)39-25(24)27(32)35/h3-14,26H,2,15H2,1H3,(H2,32,35)(H,34,36). The van der Waals surface area contributed by atoms with Crippen LogP contribution in [0.2, 0.25) is 0 Å². The Hall–Kier alpha value is -4.57. The van der Waals surface area contributed by atoms with Gasteiger partial charge in [0, 0.05) is 5.39 Å². The minimum atomic E-state index is -2.83. The van der Waals surface area contributed by atoms with Gasteiger partial charge in [0.25, 0.3) is 18.2 Å². The number of nitrogens with two attached hydrogens (primary N) is 1. The molecule has 0 aliphatic carbocycles. The molecule has 2 aromatic carbocycles. The fourth-order valence-electron chi connectivity index (χ4n) is 4.10. The molecule has 5 aromatic rings. The zero-order valence-electron chi connectivity index (χ0n) is 20.7. The fraction of sp³-hybridized carbons (Fsp3) is 0.138. The molecule has 0 aliphatic rings. The summed E-state index contributed by atoms with van der Waals surface area (Å²) < 4.78 is 38.7. The Kier molecular flexibility index (Phi) is 7.38. The molecule has 0 unspecified atom stereocenters. The smallest absolute Gasteiger partial charge is 0.291 e. The molecule has 0 spiro atoms. The Bertz CT molecular complexity index is 1650. The van der Waals surface area contributed by atoms with Gasteiger partial charge in [0.2, 0.25) is 0 Å². The van der Waals surface area contributed by atoms with E-state index in [4.69, 9.17) is 14.9 Å². The van der Waals surface area contributed by atoms with Gasteiger partial charge in [0.1, 0.15) is 33.5 Å². The molecule has 0 radical (unpaired) electrons. The van der Waals surface area contributed by atoms with Gasteiger partial charge in [-0.2, -0.15) is 0 Å². The Balaban J connectivity index is 1.46. The molecular formula is C29H23F2N3O4S. The summed E-state index contributed by atoms with van der Waals surface area (Å²) >= 11 is 0.839. The van der Waals surface area contributed by atoms with E-state index in [-0.39, 0.29) is 27.8 Å². The number of alkyl halides is 2. The Morgan fingerprint density at radius 2 is 1.82 bits per heavy atom. The number of fused-ring (bicyclic) bond motifs is 1. The first kappa shape index (κ1) is 26.1. The van der Waals surface area contributed by atoms with E-state index in [2.05, 4.69) is 17.2 Å². The lowest BCUT2D eigenvalue weighted by Gasteiger charge is -2.10. The van der Waals surface area contributed by atoms with Gasteiger partial charge >= 0.3 is 0 Å². The summed E-state index contributed by atoms with van der Waals surface area (Å²) in [6.07, 6.45) is -1.91. The lowest BCUT2D eigenvalue weighted by Crippen LogP contribution is -2.16. The van der Waals surface area contributed by atoms with Gasteiger partial charge in [0.15, 0.2) is 5.76 Å². The van der Waals surface area contributed by atoms with E-state index in [1.807, 2.05) is 24.3 Å². The molecule has 10 heteroatoms. The number of benzene rings is 2. The third-order valence-corrected chi connectivity index (χ3v) is 7.15. The molecular weight excluding hydrogens is 524 g/mol. The Morgan fingerprint density at radius 1 is 1.08 bits per heavy atom. The summed E-state index contributed by atoms with van der Waals surface area (Å²) in [5, 5.41) is 3.03. The van der Waals surface area contributed by atoms with Crippen molar-refractivity contribution in [3.05, 3.63) is 100 Å². The number of rotatable bonds is 9. The maximum Gasteiger partial charge on any atom is 0.291 e. The van der Waals surface area contributed by atoms with Crippen molar-refractivity contribution in [2.45, 2.75) is 26.4 Å². The molecule has 3 heterocycles. The Morgan fingerprint density at radius 3 is 2.49 bits per heavy atom. The van der Waals surface area contributed by atoms with Crippen LogP contribution in [0.1, 0.15) is 50.6 Å². The van der Waals surface area contributed by atoms with Crippen LogP contribution in [0.15, 0.2) is 77.2 Å². The largest absolute Gasteiger partial charge is 0.486 e. The van der Waals surface area contributed by atoms with E-state index in [0.717, 1.165) is 17.8 Å². The molecule has 0 saturated heterocycles. The predicted octanol–water partition coefficient (Wildman–Crippen LogP) is 6.99. The molecule has 2 amide bonds. The number of primary amides is 1. The number of aryl methyl sites for hydroxylation is 1. The van der Waals surface area contributed by atoms with Gasteiger partial charge in [0.05, 0.1) is 5.69 Å². The number of anilines is 1. The maximum atomic E-state index is 13.7. The molecule has 7 nitrogen and oxygen atoms in total. The normalized spacial score (nSPS) is 11.2. The number of pyridine rings is 1. The molecule has 0 aliphatic heterocycles. The van der Waals surface area contributed by atoms with Crippen LogP contribution in [0.3, 0.4) is 0 Å². The van der Waals surface area contributed by atoms with Crippen molar-refractivity contribution >= 4 is 39.1 Å². The van der Waals surface area contributed by atoms with E-state index in [9.17, 15) is 18.4 Å². The number of hydrogen-bond acceptors (Lipinski definition) is 6. The topological polar surface area (TPSA) is 107 Å². The van der Waals surface area contributed by atoms with E-state index >= 15 is 0 Å². The van der Waals surface area contributed by atoms with Crippen molar-refractivity contribution in [2.75, 3.05) is 5.32 Å². The average molecular weight is 548 g/mol. The van der Waals surface area contributed by atoms with Crippen molar-refractivity contribution in [3.8, 4) is 16.9 Å². The lowest BCUT2D eigenvalue weighted by molar-refractivity contribution is 0.0992. The highest BCUT2D eigenvalue weighted by Crippen LogP contribution is 2.42. The summed E-state index contributed by atoms with van der Waals surface area (Å²) in [5.74, 6) is -0.419. The number of amides is 2. The minimum absolute atomic E-state index is 0.0138. The second-order valence-electron chi connectivity index (χ2n) is 8.62. The van der Waals surface area contributed by atoms with Crippen LogP contribution in [0.4, 0.5) is 14.5 Å². The number of carbonyl (C=O) groups excluding carboxylic acids is 2. The molecule has 5 rings (SSSR count). The first-order chi connectivity index (χ1) is 18.8. The highest BCUT2D eigenvalue weighted by Gasteiger charge is 2.26. The Labute approximate surface area is 226 Å². The first-order valence-corrected chi connectivity index (χ1v) is 12.9. The van der Waals surface area contributed by atoms with Crippen LogP contribution in [0.25, 0.3) is 21.3 Å². The summed E-state index contributed by atoms with van der Waals surface area (Å²) in [5.41, 5.74) is 7.43. The summed E-state index contributed by atoms with van der Waals surface area (Å²) in [6, 6.07) is 20.8. The second kappa shape index (κ2) is 11.0. The number of hydrogen-bond donors (Lipinski definition) is 2. The van der Waals surface area contributed by atoms with Crippen molar-refractivity contribution in [3.63, 3.8) is 0 Å². The van der Waals surface area contributed by atoms with Gasteiger partial charge in [-0.05, 0) is 53.4 Å². The number of furan rings is 1. The zero-order valence-corrected chi connectivity index (χ0v) is 21.6. The summed E-state index contributed by atoms with van der Waals surface area (Å²) in [7, 11) is 0. The van der Waals surface area contributed by atoms with Gasteiger partial charge in [-0.1, -0.05) is 49.4 Å². The van der Waals surface area contributed by atoms with Crippen molar-refractivity contribution in [2.24, 2.45) is 5.73 Å². The number of ether oxygens (including phenoxy) is 1. The molecule has 3 N–H and O–H groups in total. The van der Waals surface area contributed by atoms with Gasteiger partial charge in [-0.3, -0.25) is 9.59 Å². The number of carbonyl (C=O) groups is 2. The van der Waals surface area contributed by atoms with Crippen LogP contribution < -0.4 is 15.8 Å². The SMILES string of the molecule is CCc1ccc(OCc2ccc(C(=O)Nc3c(C(N)=O)sc4nc(C(F)F)cc(-c5ccccc5)c34)o2)cc1. The van der Waals surface area contributed by atoms with Crippen LogP contribution in [0.5, 0.6) is 5.75 Å². The van der Waals surface area contributed by atoms with Gasteiger partial charge in [-0.15, -0.1) is 11.3 Å². The highest BCUT2D eigenvalue weighted by atomic mass is 32.1. The van der Waals surface area contributed by atoms with Crippen molar-refractivity contribution < 1.29 is 27.5 Å². The number of aromatic nitrogens is 1. The highest BCUT2D eigenvalue weighted by molar-refractivity contribution is 7.21. The van der Waals surface area contributed by atoms with Crippen LogP contribution in [-0.2, 0) is 13.0 Å². The molecule has 0 atom stereocenters. The molecule has 39 heavy (non-hydrogen) atoms. The molecule has 198 valence electrons. The van der Waals surface area contributed by atoms with Crippen LogP contribution in [0, 0.1) is 0 Å². The van der Waals surface area contributed by atoms with Crippen LogP contribution >= 0.6 is 11.3 Å². The zero-order chi connectivity index (χ0) is 27.5.